The number of esters is 1. The van der Waals surface area contributed by atoms with Gasteiger partial charge in [0.2, 0.25) is 0 Å². The van der Waals surface area contributed by atoms with Crippen molar-refractivity contribution in [2.45, 2.75) is 85.2 Å². The van der Waals surface area contributed by atoms with E-state index in [1.54, 1.807) is 20.8 Å². The van der Waals surface area contributed by atoms with E-state index in [4.69, 9.17) is 18.9 Å². The predicted octanol–water partition coefficient (Wildman–Crippen LogP) is -0.635. The van der Waals surface area contributed by atoms with Crippen LogP contribution in [-0.2, 0) is 36.8 Å². The van der Waals surface area contributed by atoms with Crippen molar-refractivity contribution < 1.29 is 33.6 Å². The van der Waals surface area contributed by atoms with E-state index in [2.05, 4.69) is 25.6 Å². The number of ether oxygens (including phenoxy) is 4. The Bertz CT molecular complexity index is 1740. The standard InChI is InChI=1S/C28H40N8O11/c1-6-22(35-9-16(3)24(39)30-26(35)41)46-20(13-37)12-34-11-19(32-33-34)8-29-28(43)45-15-21(14-44-18(5)38)47-23(7-2)36-10-17(4)25(40)31-27(36)42/h9-11,20-23,37H,6-8,12-15H2,1-5H3,(H,29,43)(H,30,39,41)(H,31,40,42)/t20-,21-,22+,23+/m0/s1. The lowest BCUT2D eigenvalue weighted by Crippen LogP contribution is -2.38. The van der Waals surface area contributed by atoms with E-state index in [-0.39, 0.29) is 31.9 Å². The maximum Gasteiger partial charge on any atom is 0.407 e. The number of amides is 1. The molecule has 3 aromatic heterocycles. The zero-order valence-corrected chi connectivity index (χ0v) is 26.8. The van der Waals surface area contributed by atoms with Gasteiger partial charge in [-0.15, -0.1) is 5.10 Å². The molecule has 0 spiro atoms. The number of hydrogen-bond acceptors (Lipinski definition) is 13. The van der Waals surface area contributed by atoms with Gasteiger partial charge in [-0.2, -0.15) is 0 Å². The molecule has 0 aromatic carbocycles. The van der Waals surface area contributed by atoms with E-state index in [1.807, 2.05) is 0 Å². The van der Waals surface area contributed by atoms with Gasteiger partial charge in [-0.05, 0) is 26.7 Å². The summed E-state index contributed by atoms with van der Waals surface area (Å²) in [5.41, 5.74) is -1.38. The van der Waals surface area contributed by atoms with Gasteiger partial charge in [0.15, 0.2) is 0 Å². The summed E-state index contributed by atoms with van der Waals surface area (Å²) < 4.78 is 26.0. The average Bonchev–Trinajstić information content (AvgIpc) is 3.48. The molecule has 0 unspecified atom stereocenters. The number of H-pyrrole nitrogens is 2. The van der Waals surface area contributed by atoms with Gasteiger partial charge < -0.3 is 29.4 Å². The van der Waals surface area contributed by atoms with Crippen LogP contribution in [0.15, 0.2) is 37.8 Å². The third-order valence-electron chi connectivity index (χ3n) is 6.78. The van der Waals surface area contributed by atoms with E-state index in [0.29, 0.717) is 24.1 Å². The van der Waals surface area contributed by atoms with Crippen LogP contribution in [0.1, 0.15) is 62.9 Å². The summed E-state index contributed by atoms with van der Waals surface area (Å²) in [6, 6.07) is 0. The molecule has 19 heteroatoms. The number of aromatic nitrogens is 7. The third-order valence-corrected chi connectivity index (χ3v) is 6.78. The van der Waals surface area contributed by atoms with E-state index < -0.39 is 65.8 Å². The van der Waals surface area contributed by atoms with Crippen LogP contribution in [0.25, 0.3) is 0 Å². The van der Waals surface area contributed by atoms with Crippen molar-refractivity contribution in [1.82, 2.24) is 39.4 Å². The van der Waals surface area contributed by atoms with Gasteiger partial charge in [0.05, 0.1) is 25.9 Å². The van der Waals surface area contributed by atoms with Crippen molar-refractivity contribution in [3.63, 3.8) is 0 Å². The number of carbonyl (C=O) groups is 2. The van der Waals surface area contributed by atoms with E-state index in [9.17, 15) is 33.9 Å². The highest BCUT2D eigenvalue weighted by atomic mass is 16.6. The van der Waals surface area contributed by atoms with Crippen LogP contribution < -0.4 is 27.8 Å². The Hall–Kier alpha value is -4.88. The Labute approximate surface area is 267 Å². The minimum Gasteiger partial charge on any atom is -0.463 e. The maximum absolute atomic E-state index is 12.5. The van der Waals surface area contributed by atoms with Gasteiger partial charge in [-0.25, -0.2) is 19.1 Å². The molecule has 19 nitrogen and oxygen atoms in total. The second kappa shape index (κ2) is 17.2. The molecule has 4 N–H and O–H groups in total. The first-order chi connectivity index (χ1) is 22.3. The normalized spacial score (nSPS) is 13.8. The topological polar surface area (TPSA) is 244 Å². The molecule has 0 aliphatic rings. The van der Waals surface area contributed by atoms with Crippen LogP contribution in [0, 0.1) is 13.8 Å². The predicted molar refractivity (Wildman–Crippen MR) is 162 cm³/mol. The number of aliphatic hydroxyl groups excluding tert-OH is 1. The van der Waals surface area contributed by atoms with E-state index in [1.165, 1.54) is 46.3 Å². The molecule has 47 heavy (non-hydrogen) atoms. The molecule has 0 saturated heterocycles. The second-order valence-corrected chi connectivity index (χ2v) is 10.6. The molecule has 0 radical (unpaired) electrons. The fourth-order valence-electron chi connectivity index (χ4n) is 4.34. The molecule has 0 aliphatic carbocycles. The first-order valence-corrected chi connectivity index (χ1v) is 14.8. The van der Waals surface area contributed by atoms with Crippen LogP contribution in [0.2, 0.25) is 0 Å². The second-order valence-electron chi connectivity index (χ2n) is 10.6. The molecular weight excluding hydrogens is 624 g/mol. The Morgan fingerprint density at radius 2 is 1.40 bits per heavy atom. The lowest BCUT2D eigenvalue weighted by atomic mass is 10.3. The summed E-state index contributed by atoms with van der Waals surface area (Å²) in [5, 5.41) is 20.4. The van der Waals surface area contributed by atoms with Gasteiger partial charge in [-0.3, -0.25) is 33.5 Å². The summed E-state index contributed by atoms with van der Waals surface area (Å²) in [6.45, 7) is 6.79. The SMILES string of the molecule is CC[C@@H](O[C@H](CO)Cn1cc(CNC(=O)OC[C@H](COC(C)=O)O[C@H](CC)n2cc(C)c(=O)[nH]c2=O)nn1)n1cc(C)c(=O)[nH]c1=O. The van der Waals surface area contributed by atoms with Crippen LogP contribution in [0.4, 0.5) is 4.79 Å². The molecule has 3 aromatic rings. The number of nitrogens with zero attached hydrogens (tertiary/aromatic N) is 5. The molecule has 0 bridgehead atoms. The Morgan fingerprint density at radius 1 is 0.872 bits per heavy atom. The fraction of sp³-hybridized carbons (Fsp3) is 0.571. The lowest BCUT2D eigenvalue weighted by Gasteiger charge is -2.25. The quantitative estimate of drug-likeness (QED) is 0.131. The highest BCUT2D eigenvalue weighted by Gasteiger charge is 2.23. The van der Waals surface area contributed by atoms with E-state index >= 15 is 0 Å². The number of nitrogens with one attached hydrogen (secondary N) is 3. The summed E-state index contributed by atoms with van der Waals surface area (Å²) in [4.78, 5) is 76.4. The number of carbonyl (C=O) groups excluding carboxylic acids is 2. The highest BCUT2D eigenvalue weighted by Crippen LogP contribution is 2.16. The third kappa shape index (κ3) is 10.6. The van der Waals surface area contributed by atoms with E-state index in [0.717, 1.165) is 0 Å². The number of aryl methyl sites for hydroxylation is 2. The van der Waals surface area contributed by atoms with Gasteiger partial charge in [0.25, 0.3) is 11.1 Å². The number of rotatable bonds is 17. The summed E-state index contributed by atoms with van der Waals surface area (Å²) in [5.74, 6) is -0.587. The van der Waals surface area contributed by atoms with Gasteiger partial charge in [-0.1, -0.05) is 19.1 Å². The molecule has 0 saturated carbocycles. The van der Waals surface area contributed by atoms with Crippen LogP contribution in [0.3, 0.4) is 0 Å². The van der Waals surface area contributed by atoms with Crippen molar-refractivity contribution in [3.05, 3.63) is 77.1 Å². The largest absolute Gasteiger partial charge is 0.463 e. The van der Waals surface area contributed by atoms with Crippen molar-refractivity contribution in [1.29, 1.82) is 0 Å². The van der Waals surface area contributed by atoms with Crippen molar-refractivity contribution in [2.24, 2.45) is 0 Å². The summed E-state index contributed by atoms with van der Waals surface area (Å²) in [6.07, 6.45) is 0.727. The van der Waals surface area contributed by atoms with Crippen LogP contribution >= 0.6 is 0 Å². The molecule has 3 heterocycles. The highest BCUT2D eigenvalue weighted by molar-refractivity contribution is 5.67. The number of aliphatic hydroxyl groups is 1. The molecule has 4 atom stereocenters. The summed E-state index contributed by atoms with van der Waals surface area (Å²) in [7, 11) is 0. The fourth-order valence-corrected chi connectivity index (χ4v) is 4.34. The van der Waals surface area contributed by atoms with Crippen molar-refractivity contribution >= 4 is 12.1 Å². The number of hydrogen-bond donors (Lipinski definition) is 4. The zero-order chi connectivity index (χ0) is 34.7. The van der Waals surface area contributed by atoms with Crippen LogP contribution in [0.5, 0.6) is 0 Å². The van der Waals surface area contributed by atoms with Gasteiger partial charge in [0.1, 0.15) is 43.6 Å². The smallest absolute Gasteiger partial charge is 0.407 e. The first-order valence-electron chi connectivity index (χ1n) is 14.8. The Morgan fingerprint density at radius 3 is 1.91 bits per heavy atom. The number of aromatic amines is 2. The molecule has 3 rings (SSSR count). The first kappa shape index (κ1) is 36.6. The molecule has 258 valence electrons. The average molecular weight is 665 g/mol. The minimum absolute atomic E-state index is 0.0627. The maximum atomic E-state index is 12.5. The van der Waals surface area contributed by atoms with Crippen molar-refractivity contribution in [2.75, 3.05) is 19.8 Å². The molecule has 0 aliphatic heterocycles. The van der Waals surface area contributed by atoms with Crippen molar-refractivity contribution in [3.8, 4) is 0 Å². The molecule has 1 amide bonds. The lowest BCUT2D eigenvalue weighted by molar-refractivity contribution is -0.152. The molecule has 0 fully saturated rings. The number of alkyl carbamates (subject to hydrolysis) is 1. The van der Waals surface area contributed by atoms with Gasteiger partial charge >= 0.3 is 23.4 Å². The zero-order valence-electron chi connectivity index (χ0n) is 26.8. The Balaban J connectivity index is 1.56. The van der Waals surface area contributed by atoms with Crippen LogP contribution in [-0.4, -0.2) is 83.3 Å². The monoisotopic (exact) mass is 664 g/mol. The molecular formula is C28H40N8O11. The summed E-state index contributed by atoms with van der Waals surface area (Å²) >= 11 is 0. The van der Waals surface area contributed by atoms with Gasteiger partial charge in [0, 0.05) is 30.4 Å². The minimum atomic E-state index is -0.951. The Kier molecular flexibility index (Phi) is 13.4.